The van der Waals surface area contributed by atoms with Gasteiger partial charge in [0, 0.05) is 32.0 Å². The second kappa shape index (κ2) is 9.30. The zero-order valence-corrected chi connectivity index (χ0v) is 20.2. The first kappa shape index (κ1) is 22.0. The minimum absolute atomic E-state index is 0.0187. The van der Waals surface area contributed by atoms with Crippen molar-refractivity contribution in [3.05, 3.63) is 78.5 Å². The highest BCUT2D eigenvalue weighted by Gasteiger charge is 2.44. The molecule has 7 nitrogen and oxygen atoms in total. The highest BCUT2D eigenvalue weighted by Crippen LogP contribution is 2.44. The number of nitrogens with zero attached hydrogens (tertiary/aromatic N) is 5. The van der Waals surface area contributed by atoms with Crippen molar-refractivity contribution < 1.29 is 9.47 Å². The number of benzene rings is 2. The number of para-hydroxylation sites is 2. The van der Waals surface area contributed by atoms with Crippen molar-refractivity contribution in [3.63, 3.8) is 0 Å². The third kappa shape index (κ3) is 4.36. The lowest BCUT2D eigenvalue weighted by Crippen LogP contribution is -2.40. The summed E-state index contributed by atoms with van der Waals surface area (Å²) in [6.07, 6.45) is 7.17. The Bertz CT molecular complexity index is 1290. The van der Waals surface area contributed by atoms with Crippen molar-refractivity contribution in [1.82, 2.24) is 24.4 Å². The van der Waals surface area contributed by atoms with E-state index in [2.05, 4.69) is 62.8 Å². The minimum Gasteiger partial charge on any atom is -0.497 e. The molecule has 1 aliphatic heterocycles. The molecule has 0 N–H and O–H groups in total. The smallest absolute Gasteiger partial charge is 0.232 e. The Morgan fingerprint density at radius 2 is 1.77 bits per heavy atom. The Kier molecular flexibility index (Phi) is 5.86. The molecule has 2 fully saturated rings. The quantitative estimate of drug-likeness (QED) is 0.409. The average molecular weight is 470 g/mol. The lowest BCUT2D eigenvalue weighted by Gasteiger charge is -2.39. The maximum Gasteiger partial charge on any atom is 0.232 e. The molecule has 35 heavy (non-hydrogen) atoms. The molecule has 0 amide bonds. The zero-order valence-electron chi connectivity index (χ0n) is 20.2. The molecule has 2 aliphatic rings. The summed E-state index contributed by atoms with van der Waals surface area (Å²) in [5.74, 6) is 3.76. The summed E-state index contributed by atoms with van der Waals surface area (Å²) in [5.41, 5.74) is 3.54. The molecule has 4 aromatic rings. The topological polar surface area (TPSA) is 65.3 Å². The van der Waals surface area contributed by atoms with Crippen LogP contribution in [0.1, 0.15) is 30.3 Å². The molecule has 2 aromatic heterocycles. The van der Waals surface area contributed by atoms with Gasteiger partial charge in [-0.15, -0.1) is 0 Å². The van der Waals surface area contributed by atoms with E-state index in [1.807, 2.05) is 12.1 Å². The molecular formula is C28H31N5O2. The number of aromatic nitrogens is 4. The molecule has 6 rings (SSSR count). The number of ether oxygens (including phenoxy) is 2. The molecule has 3 heterocycles. The molecule has 0 bridgehead atoms. The highest BCUT2D eigenvalue weighted by atomic mass is 16.5. The van der Waals surface area contributed by atoms with Crippen LogP contribution in [0.4, 0.5) is 0 Å². The molecule has 0 spiro atoms. The van der Waals surface area contributed by atoms with Gasteiger partial charge < -0.3 is 14.0 Å². The van der Waals surface area contributed by atoms with E-state index in [9.17, 15) is 0 Å². The first-order chi connectivity index (χ1) is 17.2. The first-order valence-electron chi connectivity index (χ1n) is 12.4. The standard InChI is InChI=1S/C28H31N5O2/c1-19-31-24-5-3-4-6-25(24)33(19)26-13-21-17-32(16-20-7-9-23(34-2)10-8-20)18-22(21)14-27(26)35-28-15-29-11-12-30-28/h3-12,15,21-22,26-27H,13-14,16-18H2,1-2H3/t21-,22+,26-,27-/m0/s1. The fraction of sp³-hybridized carbons (Fsp3) is 0.393. The number of likely N-dealkylation sites (tertiary alicyclic amines) is 1. The van der Waals surface area contributed by atoms with E-state index in [1.54, 1.807) is 25.7 Å². The van der Waals surface area contributed by atoms with E-state index in [0.29, 0.717) is 17.7 Å². The Morgan fingerprint density at radius 3 is 2.54 bits per heavy atom. The fourth-order valence-corrected chi connectivity index (χ4v) is 6.09. The lowest BCUT2D eigenvalue weighted by atomic mass is 9.77. The Balaban J connectivity index is 1.27. The van der Waals surface area contributed by atoms with Crippen LogP contribution in [-0.4, -0.2) is 50.7 Å². The van der Waals surface area contributed by atoms with E-state index in [-0.39, 0.29) is 12.1 Å². The molecule has 4 atom stereocenters. The van der Waals surface area contributed by atoms with E-state index in [0.717, 1.165) is 49.6 Å². The second-order valence-electron chi connectivity index (χ2n) is 9.82. The summed E-state index contributed by atoms with van der Waals surface area (Å²) in [7, 11) is 1.71. The van der Waals surface area contributed by atoms with Gasteiger partial charge in [-0.3, -0.25) is 9.88 Å². The van der Waals surface area contributed by atoms with Crippen molar-refractivity contribution >= 4 is 11.0 Å². The summed E-state index contributed by atoms with van der Waals surface area (Å²) < 4.78 is 14.2. The van der Waals surface area contributed by atoms with Gasteiger partial charge in [-0.1, -0.05) is 24.3 Å². The van der Waals surface area contributed by atoms with Gasteiger partial charge in [-0.05, 0) is 61.4 Å². The van der Waals surface area contributed by atoms with Crippen molar-refractivity contribution in [2.75, 3.05) is 20.2 Å². The minimum atomic E-state index is 0.0187. The van der Waals surface area contributed by atoms with E-state index >= 15 is 0 Å². The Labute approximate surface area is 205 Å². The third-order valence-corrected chi connectivity index (χ3v) is 7.64. The van der Waals surface area contributed by atoms with Crippen LogP contribution in [0.3, 0.4) is 0 Å². The van der Waals surface area contributed by atoms with Gasteiger partial charge in [-0.2, -0.15) is 0 Å². The summed E-state index contributed by atoms with van der Waals surface area (Å²) >= 11 is 0. The fourth-order valence-electron chi connectivity index (χ4n) is 6.09. The SMILES string of the molecule is COc1ccc(CN2C[C@H]3C[C@H](Oc4cnccn4)[C@@H](n4c(C)nc5ccccc54)C[C@H]3C2)cc1. The molecule has 2 aromatic carbocycles. The Hall–Kier alpha value is -3.45. The zero-order chi connectivity index (χ0) is 23.8. The molecule has 180 valence electrons. The van der Waals surface area contributed by atoms with Gasteiger partial charge in [0.15, 0.2) is 0 Å². The molecule has 0 radical (unpaired) electrons. The monoisotopic (exact) mass is 469 g/mol. The van der Waals surface area contributed by atoms with Crippen molar-refractivity contribution in [3.8, 4) is 11.6 Å². The van der Waals surface area contributed by atoms with Crippen LogP contribution in [0.2, 0.25) is 0 Å². The summed E-state index contributed by atoms with van der Waals surface area (Å²) in [6, 6.07) is 17.0. The average Bonchev–Trinajstić information content (AvgIpc) is 3.43. The number of hydrogen-bond acceptors (Lipinski definition) is 6. The van der Waals surface area contributed by atoms with Gasteiger partial charge in [0.25, 0.3) is 0 Å². The van der Waals surface area contributed by atoms with Crippen molar-refractivity contribution in [2.45, 2.75) is 38.5 Å². The molecule has 1 saturated carbocycles. The van der Waals surface area contributed by atoms with Gasteiger partial charge in [0.05, 0.1) is 30.4 Å². The predicted octanol–water partition coefficient (Wildman–Crippen LogP) is 4.67. The van der Waals surface area contributed by atoms with Crippen LogP contribution in [0.15, 0.2) is 67.1 Å². The molecular weight excluding hydrogens is 438 g/mol. The number of imidazole rings is 1. The normalized spacial score (nSPS) is 24.4. The van der Waals surface area contributed by atoms with Gasteiger partial charge in [0.2, 0.25) is 5.88 Å². The third-order valence-electron chi connectivity index (χ3n) is 7.64. The van der Waals surface area contributed by atoms with E-state index in [1.165, 1.54) is 11.1 Å². The number of methoxy groups -OCH3 is 1. The predicted molar refractivity (Wildman–Crippen MR) is 134 cm³/mol. The highest BCUT2D eigenvalue weighted by molar-refractivity contribution is 5.76. The maximum absolute atomic E-state index is 6.53. The molecule has 7 heteroatoms. The van der Waals surface area contributed by atoms with Crippen LogP contribution < -0.4 is 9.47 Å². The van der Waals surface area contributed by atoms with Crippen LogP contribution in [0.25, 0.3) is 11.0 Å². The van der Waals surface area contributed by atoms with Gasteiger partial charge >= 0.3 is 0 Å². The largest absolute Gasteiger partial charge is 0.497 e. The number of fused-ring (bicyclic) bond motifs is 2. The second-order valence-corrected chi connectivity index (χ2v) is 9.82. The lowest BCUT2D eigenvalue weighted by molar-refractivity contribution is 0.0519. The summed E-state index contributed by atoms with van der Waals surface area (Å²) in [4.78, 5) is 16.1. The first-order valence-corrected chi connectivity index (χ1v) is 12.4. The van der Waals surface area contributed by atoms with Crippen LogP contribution >= 0.6 is 0 Å². The van der Waals surface area contributed by atoms with E-state index < -0.39 is 0 Å². The summed E-state index contributed by atoms with van der Waals surface area (Å²) in [6.45, 7) is 5.27. The summed E-state index contributed by atoms with van der Waals surface area (Å²) in [5, 5.41) is 0. The van der Waals surface area contributed by atoms with Gasteiger partial charge in [0.1, 0.15) is 17.7 Å². The number of aryl methyl sites for hydroxylation is 1. The number of rotatable bonds is 6. The van der Waals surface area contributed by atoms with Gasteiger partial charge in [-0.25, -0.2) is 9.97 Å². The van der Waals surface area contributed by atoms with Crippen LogP contribution in [0.5, 0.6) is 11.6 Å². The number of hydrogen-bond donors (Lipinski definition) is 0. The molecule has 1 aliphatic carbocycles. The van der Waals surface area contributed by atoms with E-state index in [4.69, 9.17) is 14.5 Å². The maximum atomic E-state index is 6.53. The van der Waals surface area contributed by atoms with Crippen molar-refractivity contribution in [1.29, 1.82) is 0 Å². The van der Waals surface area contributed by atoms with Crippen LogP contribution in [-0.2, 0) is 6.54 Å². The van der Waals surface area contributed by atoms with Crippen molar-refractivity contribution in [2.24, 2.45) is 11.8 Å². The Morgan fingerprint density at radius 1 is 0.971 bits per heavy atom. The molecule has 0 unspecified atom stereocenters. The van der Waals surface area contributed by atoms with Crippen LogP contribution in [0, 0.1) is 18.8 Å². The molecule has 1 saturated heterocycles.